The maximum atomic E-state index is 5.14. The number of hydrogen-bond donors (Lipinski definition) is 0. The lowest BCUT2D eigenvalue weighted by molar-refractivity contribution is 0.414. The van der Waals surface area contributed by atoms with E-state index in [0.29, 0.717) is 0 Å². The lowest BCUT2D eigenvalue weighted by Crippen LogP contribution is -1.85. The minimum Gasteiger partial charge on any atom is -0.497 e. The summed E-state index contributed by atoms with van der Waals surface area (Å²) >= 11 is 0. The van der Waals surface area contributed by atoms with Gasteiger partial charge in [0.1, 0.15) is 5.75 Å². The molecule has 14 heavy (non-hydrogen) atoms. The lowest BCUT2D eigenvalue weighted by Gasteiger charge is -2.01. The zero-order valence-electron chi connectivity index (χ0n) is 8.73. The molecule has 1 heteroatoms. The van der Waals surface area contributed by atoms with E-state index in [4.69, 9.17) is 4.74 Å². The van der Waals surface area contributed by atoms with Crippen molar-refractivity contribution >= 4 is 0 Å². The van der Waals surface area contributed by atoms with Crippen LogP contribution in [-0.4, -0.2) is 7.11 Å². The number of hydrogen-bond acceptors (Lipinski definition) is 1. The van der Waals surface area contributed by atoms with Gasteiger partial charge in [0.2, 0.25) is 0 Å². The van der Waals surface area contributed by atoms with Gasteiger partial charge in [0.15, 0.2) is 0 Å². The first kappa shape index (κ1) is 10.6. The fraction of sp³-hybridized carbons (Fsp3) is 0.231. The molecule has 0 saturated carbocycles. The Morgan fingerprint density at radius 3 is 2.86 bits per heavy atom. The first-order chi connectivity index (χ1) is 6.86. The Bertz CT molecular complexity index is 324. The van der Waals surface area contributed by atoms with Crippen molar-refractivity contribution < 1.29 is 4.74 Å². The van der Waals surface area contributed by atoms with Gasteiger partial charge < -0.3 is 4.74 Å². The summed E-state index contributed by atoms with van der Waals surface area (Å²) in [5, 5.41) is 0. The summed E-state index contributed by atoms with van der Waals surface area (Å²) in [6.45, 7) is 2.01. The molecule has 0 aliphatic heterocycles. The molecule has 0 unspecified atom stereocenters. The van der Waals surface area contributed by atoms with Crippen LogP contribution in [0, 0.1) is 0 Å². The summed E-state index contributed by atoms with van der Waals surface area (Å²) in [6.07, 6.45) is 9.18. The molecule has 0 aliphatic rings. The Balaban J connectivity index is 2.58. The van der Waals surface area contributed by atoms with Crippen LogP contribution in [0.3, 0.4) is 0 Å². The Morgan fingerprint density at radius 2 is 2.14 bits per heavy atom. The Kier molecular flexibility index (Phi) is 4.56. The zero-order chi connectivity index (χ0) is 10.2. The molecule has 0 bridgehead atoms. The number of benzene rings is 1. The van der Waals surface area contributed by atoms with Gasteiger partial charge in [0.05, 0.1) is 7.11 Å². The van der Waals surface area contributed by atoms with E-state index in [1.165, 1.54) is 5.56 Å². The van der Waals surface area contributed by atoms with E-state index in [-0.39, 0.29) is 0 Å². The Morgan fingerprint density at radius 1 is 1.29 bits per heavy atom. The highest BCUT2D eigenvalue weighted by Gasteiger charge is 1.92. The summed E-state index contributed by atoms with van der Waals surface area (Å²) in [7, 11) is 1.69. The molecule has 0 amide bonds. The molecule has 0 fully saturated rings. The lowest BCUT2D eigenvalue weighted by atomic mass is 10.1. The minimum atomic E-state index is 0.918. The monoisotopic (exact) mass is 188 g/mol. The average molecular weight is 188 g/mol. The number of methoxy groups -OCH3 is 1. The van der Waals surface area contributed by atoms with Crippen LogP contribution in [0.25, 0.3) is 0 Å². The third-order valence-corrected chi connectivity index (χ3v) is 1.93. The van der Waals surface area contributed by atoms with Crippen molar-refractivity contribution in [2.24, 2.45) is 0 Å². The summed E-state index contributed by atoms with van der Waals surface area (Å²) in [6, 6.07) is 8.12. The minimum absolute atomic E-state index is 0.918. The fourth-order valence-corrected chi connectivity index (χ4v) is 1.19. The van der Waals surface area contributed by atoms with E-state index in [1.54, 1.807) is 7.11 Å². The van der Waals surface area contributed by atoms with Crippen molar-refractivity contribution in [2.75, 3.05) is 7.11 Å². The van der Waals surface area contributed by atoms with Crippen LogP contribution in [0.2, 0.25) is 0 Å². The maximum Gasteiger partial charge on any atom is 0.119 e. The van der Waals surface area contributed by atoms with Crippen molar-refractivity contribution in [3.05, 3.63) is 54.1 Å². The molecule has 0 aliphatic carbocycles. The summed E-state index contributed by atoms with van der Waals surface area (Å²) in [5.41, 5.74) is 1.27. The molecule has 0 atom stereocenters. The maximum absolute atomic E-state index is 5.14. The second-order valence-corrected chi connectivity index (χ2v) is 3.01. The molecule has 0 aromatic heterocycles. The van der Waals surface area contributed by atoms with E-state index in [0.717, 1.165) is 12.2 Å². The van der Waals surface area contributed by atoms with Gasteiger partial charge in [-0.05, 0) is 31.0 Å². The van der Waals surface area contributed by atoms with Gasteiger partial charge in [-0.2, -0.15) is 0 Å². The molecule has 0 spiro atoms. The standard InChI is InChI=1S/C13H16O/c1-3-4-5-6-8-12-9-7-10-13(11-12)14-2/h3-7,9-11H,8H2,1-2H3. The molecule has 74 valence electrons. The van der Waals surface area contributed by atoms with Crippen LogP contribution in [0.5, 0.6) is 5.75 Å². The van der Waals surface area contributed by atoms with Gasteiger partial charge in [-0.15, -0.1) is 0 Å². The summed E-state index contributed by atoms with van der Waals surface area (Å²) < 4.78 is 5.14. The van der Waals surface area contributed by atoms with Gasteiger partial charge >= 0.3 is 0 Å². The van der Waals surface area contributed by atoms with Crippen molar-refractivity contribution in [3.8, 4) is 5.75 Å². The van der Waals surface area contributed by atoms with Crippen molar-refractivity contribution in [3.63, 3.8) is 0 Å². The highest BCUT2D eigenvalue weighted by atomic mass is 16.5. The predicted molar refractivity (Wildman–Crippen MR) is 60.7 cm³/mol. The van der Waals surface area contributed by atoms with Crippen LogP contribution in [0.4, 0.5) is 0 Å². The van der Waals surface area contributed by atoms with Crippen LogP contribution in [0.15, 0.2) is 48.6 Å². The van der Waals surface area contributed by atoms with Crippen LogP contribution >= 0.6 is 0 Å². The third-order valence-electron chi connectivity index (χ3n) is 1.93. The van der Waals surface area contributed by atoms with Gasteiger partial charge in [-0.3, -0.25) is 0 Å². The van der Waals surface area contributed by atoms with E-state index < -0.39 is 0 Å². The first-order valence-electron chi connectivity index (χ1n) is 4.77. The van der Waals surface area contributed by atoms with Gasteiger partial charge in [-0.1, -0.05) is 36.4 Å². The normalized spacial score (nSPS) is 11.3. The van der Waals surface area contributed by atoms with E-state index >= 15 is 0 Å². The summed E-state index contributed by atoms with van der Waals surface area (Å²) in [5.74, 6) is 0.918. The Labute approximate surface area is 85.7 Å². The molecule has 0 N–H and O–H groups in total. The van der Waals surface area contributed by atoms with Crippen molar-refractivity contribution in [1.82, 2.24) is 0 Å². The number of rotatable bonds is 4. The fourth-order valence-electron chi connectivity index (χ4n) is 1.19. The van der Waals surface area contributed by atoms with Crippen LogP contribution in [0.1, 0.15) is 12.5 Å². The average Bonchev–Trinajstić information content (AvgIpc) is 2.25. The molecule has 0 saturated heterocycles. The smallest absolute Gasteiger partial charge is 0.119 e. The molecular formula is C13H16O. The highest BCUT2D eigenvalue weighted by molar-refractivity contribution is 5.29. The van der Waals surface area contributed by atoms with Crippen molar-refractivity contribution in [1.29, 1.82) is 0 Å². The van der Waals surface area contributed by atoms with E-state index in [9.17, 15) is 0 Å². The van der Waals surface area contributed by atoms with E-state index in [2.05, 4.69) is 24.3 Å². The number of ether oxygens (including phenoxy) is 1. The third kappa shape index (κ3) is 3.48. The molecule has 0 radical (unpaired) electrons. The highest BCUT2D eigenvalue weighted by Crippen LogP contribution is 2.12. The second kappa shape index (κ2) is 6.03. The molecular weight excluding hydrogens is 172 g/mol. The van der Waals surface area contributed by atoms with Crippen molar-refractivity contribution in [2.45, 2.75) is 13.3 Å². The van der Waals surface area contributed by atoms with Gasteiger partial charge in [-0.25, -0.2) is 0 Å². The molecule has 1 rings (SSSR count). The van der Waals surface area contributed by atoms with Crippen LogP contribution in [-0.2, 0) is 6.42 Å². The SMILES string of the molecule is CC=CC=CCc1cccc(OC)c1. The zero-order valence-corrected chi connectivity index (χ0v) is 8.73. The second-order valence-electron chi connectivity index (χ2n) is 3.01. The predicted octanol–water partition coefficient (Wildman–Crippen LogP) is 3.37. The van der Waals surface area contributed by atoms with Gasteiger partial charge in [0.25, 0.3) is 0 Å². The molecule has 1 aromatic rings. The Hall–Kier alpha value is -1.50. The van der Waals surface area contributed by atoms with Crippen LogP contribution < -0.4 is 4.74 Å². The topological polar surface area (TPSA) is 9.23 Å². The number of allylic oxidation sites excluding steroid dienone is 4. The summed E-state index contributed by atoms with van der Waals surface area (Å²) in [4.78, 5) is 0. The molecule has 1 nitrogen and oxygen atoms in total. The van der Waals surface area contributed by atoms with Gasteiger partial charge in [0, 0.05) is 0 Å². The molecule has 0 heterocycles. The first-order valence-corrected chi connectivity index (χ1v) is 4.77. The molecule has 1 aromatic carbocycles. The largest absolute Gasteiger partial charge is 0.497 e. The quantitative estimate of drug-likeness (QED) is 0.658. The van der Waals surface area contributed by atoms with E-state index in [1.807, 2.05) is 31.2 Å².